The predicted octanol–water partition coefficient (Wildman–Crippen LogP) is 3.53. The Balaban J connectivity index is 2.46. The first kappa shape index (κ1) is 16.7. The third-order valence-electron chi connectivity index (χ3n) is 3.58. The summed E-state index contributed by atoms with van der Waals surface area (Å²) in [6.45, 7) is 2.54. The van der Waals surface area contributed by atoms with Crippen molar-refractivity contribution in [2.75, 3.05) is 6.54 Å². The second-order valence-corrected chi connectivity index (χ2v) is 8.43. The number of piperidine rings is 1. The molecule has 0 radical (unpaired) electrons. The molecule has 1 aliphatic heterocycles. The average Bonchev–Trinajstić information content (AvgIpc) is 2.37. The summed E-state index contributed by atoms with van der Waals surface area (Å²) in [5, 5.41) is 0. The number of hydrogen-bond acceptors (Lipinski definition) is 3. The Labute approximate surface area is 135 Å². The molecule has 1 saturated heterocycles. The van der Waals surface area contributed by atoms with Crippen LogP contribution < -0.4 is 0 Å². The van der Waals surface area contributed by atoms with Crippen molar-refractivity contribution in [2.24, 2.45) is 0 Å². The third kappa shape index (κ3) is 3.57. The van der Waals surface area contributed by atoms with E-state index in [9.17, 15) is 17.6 Å². The minimum absolute atomic E-state index is 0.0688. The number of likely N-dealkylation sites (tertiary alicyclic amines) is 1. The van der Waals surface area contributed by atoms with Gasteiger partial charge in [-0.25, -0.2) is 12.8 Å². The van der Waals surface area contributed by atoms with E-state index in [0.29, 0.717) is 6.54 Å². The van der Waals surface area contributed by atoms with Crippen molar-refractivity contribution in [1.82, 2.24) is 4.90 Å². The van der Waals surface area contributed by atoms with Crippen molar-refractivity contribution in [3.63, 3.8) is 0 Å². The fourth-order valence-corrected chi connectivity index (χ4v) is 3.82. The Morgan fingerprint density at radius 1 is 1.43 bits per heavy atom. The van der Waals surface area contributed by atoms with Gasteiger partial charge in [0.15, 0.2) is 0 Å². The Bertz CT molecular complexity index is 680. The van der Waals surface area contributed by atoms with E-state index in [1.165, 1.54) is 0 Å². The summed E-state index contributed by atoms with van der Waals surface area (Å²) < 4.78 is 36.6. The Morgan fingerprint density at radius 3 is 2.67 bits per heavy atom. The van der Waals surface area contributed by atoms with Crippen LogP contribution in [0.1, 0.15) is 36.5 Å². The normalized spacial score (nSPS) is 19.6. The fraction of sp³-hybridized carbons (Fsp3) is 0.462. The van der Waals surface area contributed by atoms with Gasteiger partial charge in [0, 0.05) is 27.7 Å². The minimum Gasteiger partial charge on any atom is -0.336 e. The van der Waals surface area contributed by atoms with E-state index in [1.54, 1.807) is 4.90 Å². The summed E-state index contributed by atoms with van der Waals surface area (Å²) in [5.74, 6) is -1.31. The Morgan fingerprint density at radius 2 is 2.10 bits per heavy atom. The van der Waals surface area contributed by atoms with Gasteiger partial charge in [-0.1, -0.05) is 0 Å². The van der Waals surface area contributed by atoms with Crippen LogP contribution in [0.4, 0.5) is 4.39 Å². The molecule has 2 rings (SSSR count). The summed E-state index contributed by atoms with van der Waals surface area (Å²) in [4.78, 5) is 13.5. The highest BCUT2D eigenvalue weighted by Gasteiger charge is 2.28. The van der Waals surface area contributed by atoms with Crippen molar-refractivity contribution in [1.29, 1.82) is 0 Å². The molecule has 0 saturated carbocycles. The molecular formula is C13H14BrClFNO3S. The minimum atomic E-state index is -4.24. The van der Waals surface area contributed by atoms with Crippen LogP contribution in [-0.4, -0.2) is 31.8 Å². The number of nitrogens with zero attached hydrogens (tertiary/aromatic N) is 1. The van der Waals surface area contributed by atoms with Crippen molar-refractivity contribution in [2.45, 2.75) is 37.1 Å². The number of halogens is 3. The zero-order valence-electron chi connectivity index (χ0n) is 11.3. The molecule has 21 heavy (non-hydrogen) atoms. The highest BCUT2D eigenvalue weighted by atomic mass is 79.9. The topological polar surface area (TPSA) is 54.5 Å². The fourth-order valence-electron chi connectivity index (χ4n) is 2.43. The molecule has 4 nitrogen and oxygen atoms in total. The number of hydrogen-bond donors (Lipinski definition) is 0. The van der Waals surface area contributed by atoms with E-state index in [-0.39, 0.29) is 22.0 Å². The smallest absolute Gasteiger partial charge is 0.264 e. The van der Waals surface area contributed by atoms with Gasteiger partial charge in [0.25, 0.3) is 15.0 Å². The number of benzene rings is 1. The van der Waals surface area contributed by atoms with Gasteiger partial charge in [0.05, 0.1) is 5.56 Å². The number of rotatable bonds is 2. The lowest BCUT2D eigenvalue weighted by molar-refractivity contribution is 0.0634. The van der Waals surface area contributed by atoms with Gasteiger partial charge in [-0.15, -0.1) is 0 Å². The molecule has 1 heterocycles. The zero-order valence-corrected chi connectivity index (χ0v) is 14.4. The molecule has 1 unspecified atom stereocenters. The zero-order chi connectivity index (χ0) is 15.8. The number of carbonyl (C=O) groups is 1. The Kier molecular flexibility index (Phi) is 4.95. The Hall–Kier alpha value is -0.660. The van der Waals surface area contributed by atoms with E-state index in [0.717, 1.165) is 31.4 Å². The van der Waals surface area contributed by atoms with Gasteiger partial charge in [-0.3, -0.25) is 4.79 Å². The van der Waals surface area contributed by atoms with Crippen LogP contribution in [-0.2, 0) is 9.05 Å². The third-order valence-corrected chi connectivity index (χ3v) is 5.57. The van der Waals surface area contributed by atoms with Gasteiger partial charge in [0.1, 0.15) is 10.7 Å². The van der Waals surface area contributed by atoms with Crippen molar-refractivity contribution >= 4 is 41.6 Å². The first-order valence-corrected chi connectivity index (χ1v) is 9.56. The lowest BCUT2D eigenvalue weighted by Gasteiger charge is -2.33. The SMILES string of the molecule is CC1CCCCN1C(=O)c1cc(S(=O)(=O)Cl)c(F)cc1Br. The van der Waals surface area contributed by atoms with Crippen LogP contribution in [0.15, 0.2) is 21.5 Å². The van der Waals surface area contributed by atoms with Crippen LogP contribution in [0.5, 0.6) is 0 Å². The van der Waals surface area contributed by atoms with Crippen LogP contribution in [0.25, 0.3) is 0 Å². The number of carbonyl (C=O) groups excluding carboxylic acids is 1. The quantitative estimate of drug-likeness (QED) is 0.716. The summed E-state index contributed by atoms with van der Waals surface area (Å²) in [6.07, 6.45) is 2.84. The van der Waals surface area contributed by atoms with Gasteiger partial charge in [-0.2, -0.15) is 0 Å². The molecule has 8 heteroatoms. The summed E-state index contributed by atoms with van der Waals surface area (Å²) in [5.41, 5.74) is 0.101. The first-order valence-electron chi connectivity index (χ1n) is 6.46. The number of amides is 1. The molecule has 1 amide bonds. The van der Waals surface area contributed by atoms with Crippen LogP contribution in [0.3, 0.4) is 0 Å². The molecule has 1 aromatic rings. The highest BCUT2D eigenvalue weighted by Crippen LogP contribution is 2.29. The maximum Gasteiger partial charge on any atom is 0.264 e. The van der Waals surface area contributed by atoms with Crippen LogP contribution >= 0.6 is 26.6 Å². The van der Waals surface area contributed by atoms with Crippen molar-refractivity contribution < 1.29 is 17.6 Å². The van der Waals surface area contributed by atoms with E-state index in [2.05, 4.69) is 15.9 Å². The largest absolute Gasteiger partial charge is 0.336 e. The second kappa shape index (κ2) is 6.22. The maximum atomic E-state index is 13.7. The van der Waals surface area contributed by atoms with Crippen LogP contribution in [0.2, 0.25) is 0 Å². The standard InChI is InChI=1S/C13H14BrClFNO3S/c1-8-4-2-3-5-17(8)13(18)9-6-12(21(15,19)20)11(16)7-10(9)14/h6-8H,2-5H2,1H3. The van der Waals surface area contributed by atoms with Gasteiger partial charge in [0.2, 0.25) is 0 Å². The summed E-state index contributed by atoms with van der Waals surface area (Å²) in [6, 6.07) is 2.02. The maximum absolute atomic E-state index is 13.7. The predicted molar refractivity (Wildman–Crippen MR) is 81.5 cm³/mol. The van der Waals surface area contributed by atoms with Gasteiger partial charge in [-0.05, 0) is 54.2 Å². The van der Waals surface area contributed by atoms with E-state index >= 15 is 0 Å². The molecule has 0 aromatic heterocycles. The van der Waals surface area contributed by atoms with E-state index in [4.69, 9.17) is 10.7 Å². The molecule has 0 spiro atoms. The summed E-state index contributed by atoms with van der Waals surface area (Å²) >= 11 is 3.11. The molecule has 0 aliphatic carbocycles. The highest BCUT2D eigenvalue weighted by molar-refractivity contribution is 9.10. The average molecular weight is 399 g/mol. The van der Waals surface area contributed by atoms with E-state index in [1.807, 2.05) is 6.92 Å². The molecule has 1 aromatic carbocycles. The monoisotopic (exact) mass is 397 g/mol. The molecule has 0 N–H and O–H groups in total. The molecule has 1 atom stereocenters. The van der Waals surface area contributed by atoms with Gasteiger partial charge < -0.3 is 4.90 Å². The molecule has 1 fully saturated rings. The molecule has 116 valence electrons. The lowest BCUT2D eigenvalue weighted by atomic mass is 10.0. The van der Waals surface area contributed by atoms with Crippen LogP contribution in [0, 0.1) is 5.82 Å². The molecule has 0 bridgehead atoms. The van der Waals surface area contributed by atoms with Gasteiger partial charge >= 0.3 is 0 Å². The second-order valence-electron chi connectivity index (χ2n) is 5.04. The first-order chi connectivity index (χ1) is 9.71. The lowest BCUT2D eigenvalue weighted by Crippen LogP contribution is -2.42. The van der Waals surface area contributed by atoms with Crippen molar-refractivity contribution in [3.8, 4) is 0 Å². The molecular weight excluding hydrogens is 385 g/mol. The molecule has 1 aliphatic rings. The van der Waals surface area contributed by atoms with Crippen molar-refractivity contribution in [3.05, 3.63) is 28.0 Å². The summed E-state index contributed by atoms with van der Waals surface area (Å²) in [7, 11) is 0.954. The van der Waals surface area contributed by atoms with E-state index < -0.39 is 19.8 Å².